The van der Waals surface area contributed by atoms with Crippen LogP contribution in [0.3, 0.4) is 0 Å². The van der Waals surface area contributed by atoms with Crippen molar-refractivity contribution in [2.24, 2.45) is 0 Å². The van der Waals surface area contributed by atoms with Crippen molar-refractivity contribution in [2.45, 2.75) is 51.3 Å². The zero-order valence-corrected chi connectivity index (χ0v) is 23.5. The van der Waals surface area contributed by atoms with E-state index in [-0.39, 0.29) is 17.7 Å². The molecule has 2 fully saturated rings. The molecule has 1 N–H and O–H groups in total. The molecule has 210 valence electrons. The van der Waals surface area contributed by atoms with Crippen molar-refractivity contribution in [1.29, 1.82) is 5.26 Å². The summed E-state index contributed by atoms with van der Waals surface area (Å²) in [5.41, 5.74) is 3.20. The van der Waals surface area contributed by atoms with E-state index in [0.29, 0.717) is 41.7 Å². The van der Waals surface area contributed by atoms with Gasteiger partial charge in [-0.25, -0.2) is 4.98 Å². The van der Waals surface area contributed by atoms with Crippen LogP contribution in [-0.4, -0.2) is 95.8 Å². The number of likely N-dealkylation sites (N-methyl/N-ethyl adjacent to an activating group) is 1. The monoisotopic (exact) mass is 543 g/mol. The lowest BCUT2D eigenvalue weighted by atomic mass is 10.1. The van der Waals surface area contributed by atoms with Crippen molar-refractivity contribution in [3.05, 3.63) is 45.9 Å². The van der Waals surface area contributed by atoms with Crippen LogP contribution < -0.4 is 20.7 Å². The Morgan fingerprint density at radius 2 is 1.98 bits per heavy atom. The maximum Gasteiger partial charge on any atom is 0.298 e. The van der Waals surface area contributed by atoms with E-state index >= 15 is 0 Å². The summed E-state index contributed by atoms with van der Waals surface area (Å²) in [4.78, 5) is 30.8. The molecule has 0 bridgehead atoms. The summed E-state index contributed by atoms with van der Waals surface area (Å²) in [5.74, 6) is 1.29. The Morgan fingerprint density at radius 3 is 2.73 bits per heavy atom. The van der Waals surface area contributed by atoms with Crippen molar-refractivity contribution < 1.29 is 4.74 Å². The molecule has 2 aliphatic heterocycles. The second-order valence-corrected chi connectivity index (χ2v) is 10.9. The van der Waals surface area contributed by atoms with Crippen molar-refractivity contribution >= 4 is 22.7 Å². The SMILES string of the molecule is CCN(CC)C1CN(c2nc(N3CCNC(CC#N)C3)c3cnn(-c4cccc5c4CC(OC)C5)c(=O)c3n2)C1. The fourth-order valence-electron chi connectivity index (χ4n) is 6.36. The van der Waals surface area contributed by atoms with E-state index in [4.69, 9.17) is 14.7 Å². The summed E-state index contributed by atoms with van der Waals surface area (Å²) in [7, 11) is 1.73. The zero-order chi connectivity index (χ0) is 27.8. The average Bonchev–Trinajstić information content (AvgIpc) is 3.39. The van der Waals surface area contributed by atoms with Gasteiger partial charge in [0.15, 0.2) is 0 Å². The van der Waals surface area contributed by atoms with E-state index in [1.807, 2.05) is 12.1 Å². The van der Waals surface area contributed by atoms with Gasteiger partial charge in [0, 0.05) is 58.3 Å². The third-order valence-corrected chi connectivity index (χ3v) is 8.67. The molecule has 2 atom stereocenters. The number of nitrogens with zero attached hydrogens (tertiary/aromatic N) is 8. The van der Waals surface area contributed by atoms with Gasteiger partial charge in [0.1, 0.15) is 11.3 Å². The first-order valence-corrected chi connectivity index (χ1v) is 14.3. The van der Waals surface area contributed by atoms with Gasteiger partial charge in [-0.05, 0) is 36.7 Å². The van der Waals surface area contributed by atoms with Crippen LogP contribution in [0, 0.1) is 11.3 Å². The van der Waals surface area contributed by atoms with Gasteiger partial charge in [-0.3, -0.25) is 9.69 Å². The van der Waals surface area contributed by atoms with Crippen molar-refractivity contribution in [1.82, 2.24) is 30.0 Å². The summed E-state index contributed by atoms with van der Waals surface area (Å²) in [6.07, 6.45) is 3.82. The highest BCUT2D eigenvalue weighted by Crippen LogP contribution is 2.31. The maximum absolute atomic E-state index is 14.1. The first kappa shape index (κ1) is 26.6. The number of aromatic nitrogens is 4. The molecule has 0 radical (unpaired) electrons. The zero-order valence-electron chi connectivity index (χ0n) is 23.5. The Labute approximate surface area is 234 Å². The first-order valence-electron chi connectivity index (χ1n) is 14.3. The second-order valence-electron chi connectivity index (χ2n) is 10.9. The number of piperazine rings is 1. The molecule has 2 aromatic heterocycles. The highest BCUT2D eigenvalue weighted by molar-refractivity contribution is 5.89. The number of nitriles is 1. The van der Waals surface area contributed by atoms with Crippen LogP contribution >= 0.6 is 0 Å². The minimum Gasteiger partial charge on any atom is -0.381 e. The fourth-order valence-corrected chi connectivity index (χ4v) is 6.36. The van der Waals surface area contributed by atoms with Crippen LogP contribution in [0.25, 0.3) is 16.6 Å². The number of anilines is 2. The number of hydrogen-bond donors (Lipinski definition) is 1. The highest BCUT2D eigenvalue weighted by Gasteiger charge is 2.34. The Kier molecular flexibility index (Phi) is 7.40. The van der Waals surface area contributed by atoms with Crippen LogP contribution in [0.2, 0.25) is 0 Å². The van der Waals surface area contributed by atoms with E-state index in [2.05, 4.69) is 51.1 Å². The number of benzene rings is 1. The lowest BCUT2D eigenvalue weighted by molar-refractivity contribution is 0.112. The number of methoxy groups -OCH3 is 1. The summed E-state index contributed by atoms with van der Waals surface area (Å²) in [5, 5.41) is 18.0. The average molecular weight is 544 g/mol. The predicted octanol–water partition coefficient (Wildman–Crippen LogP) is 1.51. The lowest BCUT2D eigenvalue weighted by Crippen LogP contribution is -2.60. The Hall–Kier alpha value is -3.59. The van der Waals surface area contributed by atoms with E-state index in [0.717, 1.165) is 63.4 Å². The maximum atomic E-state index is 14.1. The molecule has 4 heterocycles. The highest BCUT2D eigenvalue weighted by atomic mass is 16.5. The molecule has 3 aromatic rings. The van der Waals surface area contributed by atoms with Crippen LogP contribution in [0.15, 0.2) is 29.2 Å². The van der Waals surface area contributed by atoms with Gasteiger partial charge >= 0.3 is 0 Å². The molecule has 11 heteroatoms. The van der Waals surface area contributed by atoms with Gasteiger partial charge in [0.25, 0.3) is 5.56 Å². The predicted molar refractivity (Wildman–Crippen MR) is 154 cm³/mol. The second kappa shape index (κ2) is 11.1. The summed E-state index contributed by atoms with van der Waals surface area (Å²) in [6, 6.07) is 8.79. The lowest BCUT2D eigenvalue weighted by Gasteiger charge is -2.45. The molecule has 2 saturated heterocycles. The Bertz CT molecular complexity index is 1490. The third-order valence-electron chi connectivity index (χ3n) is 8.67. The Morgan fingerprint density at radius 1 is 1.15 bits per heavy atom. The summed E-state index contributed by atoms with van der Waals surface area (Å²) in [6.45, 7) is 10.1. The summed E-state index contributed by atoms with van der Waals surface area (Å²) < 4.78 is 7.12. The molecule has 1 aliphatic carbocycles. The third kappa shape index (κ3) is 4.70. The molecule has 1 aromatic carbocycles. The van der Waals surface area contributed by atoms with Gasteiger partial charge in [0.2, 0.25) is 5.95 Å². The molecular formula is C29H37N9O2. The smallest absolute Gasteiger partial charge is 0.298 e. The normalized spacial score (nSPS) is 21.1. The minimum atomic E-state index is -0.249. The molecule has 0 spiro atoms. The van der Waals surface area contributed by atoms with Gasteiger partial charge in [-0.1, -0.05) is 26.0 Å². The van der Waals surface area contributed by atoms with E-state index in [1.165, 1.54) is 10.2 Å². The molecule has 6 rings (SSSR count). The van der Waals surface area contributed by atoms with Crippen LogP contribution in [0.4, 0.5) is 11.8 Å². The number of nitrogens with one attached hydrogen (secondary N) is 1. The van der Waals surface area contributed by atoms with Gasteiger partial charge in [-0.2, -0.15) is 20.0 Å². The molecule has 11 nitrogen and oxygen atoms in total. The van der Waals surface area contributed by atoms with Gasteiger partial charge in [0.05, 0.1) is 35.9 Å². The Balaban J connectivity index is 1.44. The van der Waals surface area contributed by atoms with Crippen molar-refractivity contribution in [3.63, 3.8) is 0 Å². The van der Waals surface area contributed by atoms with E-state index in [1.54, 1.807) is 13.3 Å². The van der Waals surface area contributed by atoms with Crippen LogP contribution in [0.1, 0.15) is 31.4 Å². The number of hydrogen-bond acceptors (Lipinski definition) is 10. The molecule has 0 saturated carbocycles. The molecular weight excluding hydrogens is 506 g/mol. The number of fused-ring (bicyclic) bond motifs is 2. The molecule has 2 unspecified atom stereocenters. The summed E-state index contributed by atoms with van der Waals surface area (Å²) >= 11 is 0. The van der Waals surface area contributed by atoms with E-state index < -0.39 is 0 Å². The fraction of sp³-hybridized carbons (Fsp3) is 0.552. The minimum absolute atomic E-state index is 0.0391. The van der Waals surface area contributed by atoms with Crippen molar-refractivity contribution in [3.8, 4) is 11.8 Å². The van der Waals surface area contributed by atoms with Crippen molar-refractivity contribution in [2.75, 3.05) is 62.7 Å². The molecule has 0 amide bonds. The van der Waals surface area contributed by atoms with E-state index in [9.17, 15) is 10.1 Å². The van der Waals surface area contributed by atoms with Crippen LogP contribution in [-0.2, 0) is 17.6 Å². The number of ether oxygens (including phenoxy) is 1. The van der Waals surface area contributed by atoms with Gasteiger partial charge in [-0.15, -0.1) is 0 Å². The first-order chi connectivity index (χ1) is 19.5. The quantitative estimate of drug-likeness (QED) is 0.448. The standard InChI is InChI=1S/C29H37N9O2/c1-4-35(5-2)21-17-37(18-21)29-33-26-24(27(34-29)36-12-11-31-20(16-36)9-10-30)15-32-38(28(26)39)25-8-6-7-19-13-22(40-3)14-23(19)25/h6-8,15,20-22,31H,4-5,9,11-14,16-18H2,1-3H3. The number of rotatable bonds is 8. The molecule has 3 aliphatic rings. The molecule has 40 heavy (non-hydrogen) atoms. The topological polar surface area (TPSA) is 115 Å². The van der Waals surface area contributed by atoms with Gasteiger partial charge < -0.3 is 19.9 Å². The largest absolute Gasteiger partial charge is 0.381 e. The van der Waals surface area contributed by atoms with Crippen LogP contribution in [0.5, 0.6) is 0 Å².